The van der Waals surface area contributed by atoms with Crippen LogP contribution in [0.15, 0.2) is 0 Å². The van der Waals surface area contributed by atoms with Gasteiger partial charge in [-0.05, 0) is 32.2 Å². The van der Waals surface area contributed by atoms with Crippen LogP contribution >= 0.6 is 0 Å². The van der Waals surface area contributed by atoms with Gasteiger partial charge in [0.25, 0.3) is 5.92 Å². The number of hydrogen-bond acceptors (Lipinski definition) is 1. The zero-order chi connectivity index (χ0) is 12.0. The van der Waals surface area contributed by atoms with Crippen LogP contribution in [0.25, 0.3) is 0 Å². The Morgan fingerprint density at radius 1 is 1.19 bits per heavy atom. The van der Waals surface area contributed by atoms with E-state index < -0.39 is 11.3 Å². The van der Waals surface area contributed by atoms with Gasteiger partial charge in [-0.3, -0.25) is 4.90 Å². The summed E-state index contributed by atoms with van der Waals surface area (Å²) < 4.78 is 26.6. The molecule has 2 heterocycles. The molecule has 2 aliphatic heterocycles. The number of nitrogens with zero attached hydrogens (tertiary/aromatic N) is 1. The molecule has 2 saturated heterocycles. The maximum Gasteiger partial charge on any atom is 0.255 e. The van der Waals surface area contributed by atoms with Crippen molar-refractivity contribution in [2.24, 2.45) is 5.41 Å². The average Bonchev–Trinajstić information content (AvgIpc) is 2.57. The molecule has 1 saturated carbocycles. The Balaban J connectivity index is 0.000000457. The van der Waals surface area contributed by atoms with Crippen LogP contribution in [0.2, 0.25) is 0 Å². The molecule has 0 aromatic heterocycles. The van der Waals surface area contributed by atoms with E-state index in [0.717, 1.165) is 25.8 Å². The maximum absolute atomic E-state index is 13.3. The molecule has 3 aliphatic rings. The average molecular weight is 231 g/mol. The van der Waals surface area contributed by atoms with Gasteiger partial charge in [-0.1, -0.05) is 20.8 Å². The summed E-state index contributed by atoms with van der Waals surface area (Å²) in [5, 5.41) is 0. The molecule has 1 spiro atoms. The number of rotatable bonds is 1. The first-order valence-corrected chi connectivity index (χ1v) is 6.67. The molecule has 3 rings (SSSR count). The first-order chi connectivity index (χ1) is 7.54. The van der Waals surface area contributed by atoms with Crippen LogP contribution < -0.4 is 0 Å². The van der Waals surface area contributed by atoms with E-state index in [0.29, 0.717) is 6.54 Å². The highest BCUT2D eigenvalue weighted by molar-refractivity contribution is 5.21. The second-order valence-electron chi connectivity index (χ2n) is 5.44. The zero-order valence-electron chi connectivity index (χ0n) is 10.7. The molecule has 3 heteroatoms. The molecule has 94 valence electrons. The number of alkyl halides is 2. The summed E-state index contributed by atoms with van der Waals surface area (Å²) in [5.41, 5.74) is -0.455. The van der Waals surface area contributed by atoms with E-state index >= 15 is 0 Å². The highest BCUT2D eigenvalue weighted by atomic mass is 19.3. The molecule has 0 aromatic rings. The van der Waals surface area contributed by atoms with E-state index in [-0.39, 0.29) is 12.0 Å². The molecule has 2 atom stereocenters. The molecule has 0 bridgehead atoms. The Morgan fingerprint density at radius 2 is 1.81 bits per heavy atom. The molecule has 16 heavy (non-hydrogen) atoms. The summed E-state index contributed by atoms with van der Waals surface area (Å²) in [5.74, 6) is -2.35. The van der Waals surface area contributed by atoms with Crippen LogP contribution in [-0.2, 0) is 0 Å². The minimum Gasteiger partial charge on any atom is -0.297 e. The fraction of sp³-hybridized carbons (Fsp3) is 1.00. The van der Waals surface area contributed by atoms with E-state index in [1.54, 1.807) is 0 Å². The summed E-state index contributed by atoms with van der Waals surface area (Å²) in [7, 11) is 0. The fourth-order valence-electron chi connectivity index (χ4n) is 3.76. The van der Waals surface area contributed by atoms with Crippen molar-refractivity contribution in [1.82, 2.24) is 4.90 Å². The standard InChI is InChI=1S/C11H17F2N.C2H6/c1-2-10-4-3-5-14(10)8-9(6-10)7-11(9,12)13;1-2/h2-8H2,1H3;1-2H3. The predicted molar refractivity (Wildman–Crippen MR) is 61.8 cm³/mol. The van der Waals surface area contributed by atoms with Crippen LogP contribution in [0.4, 0.5) is 8.78 Å². The van der Waals surface area contributed by atoms with Crippen molar-refractivity contribution in [3.63, 3.8) is 0 Å². The van der Waals surface area contributed by atoms with Crippen molar-refractivity contribution in [2.45, 2.75) is 64.3 Å². The molecule has 1 nitrogen and oxygen atoms in total. The molecule has 0 N–H and O–H groups in total. The predicted octanol–water partition coefficient (Wildman–Crippen LogP) is 3.69. The van der Waals surface area contributed by atoms with Gasteiger partial charge in [0.1, 0.15) is 0 Å². The van der Waals surface area contributed by atoms with Crippen molar-refractivity contribution in [3.8, 4) is 0 Å². The van der Waals surface area contributed by atoms with E-state index in [1.165, 1.54) is 6.42 Å². The molecule has 2 unspecified atom stereocenters. The second kappa shape index (κ2) is 3.66. The zero-order valence-corrected chi connectivity index (χ0v) is 10.7. The number of fused-ring (bicyclic) bond motifs is 1. The highest BCUT2D eigenvalue weighted by Gasteiger charge is 2.76. The van der Waals surface area contributed by atoms with E-state index in [9.17, 15) is 8.78 Å². The van der Waals surface area contributed by atoms with Crippen LogP contribution in [0.5, 0.6) is 0 Å². The van der Waals surface area contributed by atoms with Crippen molar-refractivity contribution in [2.75, 3.05) is 13.1 Å². The van der Waals surface area contributed by atoms with Crippen molar-refractivity contribution < 1.29 is 8.78 Å². The third kappa shape index (κ3) is 1.43. The lowest BCUT2D eigenvalue weighted by Crippen LogP contribution is -2.37. The smallest absolute Gasteiger partial charge is 0.255 e. The van der Waals surface area contributed by atoms with Crippen LogP contribution in [0.3, 0.4) is 0 Å². The van der Waals surface area contributed by atoms with Gasteiger partial charge in [-0.25, -0.2) is 8.78 Å². The summed E-state index contributed by atoms with van der Waals surface area (Å²) >= 11 is 0. The minimum absolute atomic E-state index is 0.151. The lowest BCUT2D eigenvalue weighted by molar-refractivity contribution is 0.0656. The largest absolute Gasteiger partial charge is 0.297 e. The maximum atomic E-state index is 13.3. The lowest BCUT2D eigenvalue weighted by atomic mass is 9.86. The monoisotopic (exact) mass is 231 g/mol. The van der Waals surface area contributed by atoms with E-state index in [2.05, 4.69) is 11.8 Å². The van der Waals surface area contributed by atoms with Gasteiger partial charge in [-0.15, -0.1) is 0 Å². The van der Waals surface area contributed by atoms with Gasteiger partial charge < -0.3 is 0 Å². The van der Waals surface area contributed by atoms with E-state index in [4.69, 9.17) is 0 Å². The topological polar surface area (TPSA) is 3.24 Å². The molecule has 0 amide bonds. The van der Waals surface area contributed by atoms with Crippen molar-refractivity contribution >= 4 is 0 Å². The van der Waals surface area contributed by atoms with Gasteiger partial charge in [0, 0.05) is 18.5 Å². The quantitative estimate of drug-likeness (QED) is 0.665. The summed E-state index contributed by atoms with van der Waals surface area (Å²) in [6.07, 6.45) is 4.30. The van der Waals surface area contributed by atoms with Crippen LogP contribution in [-0.4, -0.2) is 29.5 Å². The van der Waals surface area contributed by atoms with Gasteiger partial charge >= 0.3 is 0 Å². The minimum atomic E-state index is -2.35. The van der Waals surface area contributed by atoms with E-state index in [1.807, 2.05) is 13.8 Å². The summed E-state index contributed by atoms with van der Waals surface area (Å²) in [6.45, 7) is 7.86. The second-order valence-corrected chi connectivity index (χ2v) is 5.44. The summed E-state index contributed by atoms with van der Waals surface area (Å²) in [4.78, 5) is 2.34. The van der Waals surface area contributed by atoms with Gasteiger partial charge in [0.2, 0.25) is 0 Å². The van der Waals surface area contributed by atoms with Gasteiger partial charge in [0.05, 0.1) is 5.41 Å². The Bertz CT molecular complexity index is 279. The SMILES string of the molecule is CC.CCC12CCCN1CC1(C2)CC1(F)F. The molecule has 1 aliphatic carbocycles. The Kier molecular flexibility index (Phi) is 2.81. The number of hydrogen-bond donors (Lipinski definition) is 0. The lowest BCUT2D eigenvalue weighted by Gasteiger charge is -2.30. The normalized spacial score (nSPS) is 44.1. The molecule has 0 radical (unpaired) electrons. The Labute approximate surface area is 97.2 Å². The fourth-order valence-corrected chi connectivity index (χ4v) is 3.76. The van der Waals surface area contributed by atoms with Crippen LogP contribution in [0.1, 0.15) is 52.9 Å². The van der Waals surface area contributed by atoms with Gasteiger partial charge in [-0.2, -0.15) is 0 Å². The van der Waals surface area contributed by atoms with Crippen molar-refractivity contribution in [1.29, 1.82) is 0 Å². The van der Waals surface area contributed by atoms with Crippen LogP contribution in [0, 0.1) is 5.41 Å². The van der Waals surface area contributed by atoms with Crippen molar-refractivity contribution in [3.05, 3.63) is 0 Å². The third-order valence-corrected chi connectivity index (χ3v) is 4.77. The first-order valence-electron chi connectivity index (χ1n) is 6.67. The number of halogens is 2. The Hall–Kier alpha value is -0.180. The summed E-state index contributed by atoms with van der Waals surface area (Å²) in [6, 6.07) is 0. The molecular formula is C13H23F2N. The Morgan fingerprint density at radius 3 is 2.25 bits per heavy atom. The molecular weight excluding hydrogens is 208 g/mol. The molecule has 0 aromatic carbocycles. The molecule has 3 fully saturated rings. The van der Waals surface area contributed by atoms with Gasteiger partial charge in [0.15, 0.2) is 0 Å². The highest BCUT2D eigenvalue weighted by Crippen LogP contribution is 2.69. The first kappa shape index (κ1) is 12.3. The third-order valence-electron chi connectivity index (χ3n) is 4.77.